The first-order valence-electron chi connectivity index (χ1n) is 8.74. The van der Waals surface area contributed by atoms with E-state index in [4.69, 9.17) is 4.42 Å². The van der Waals surface area contributed by atoms with Crippen molar-refractivity contribution in [2.75, 3.05) is 0 Å². The molecule has 0 bridgehead atoms. The first-order valence-corrected chi connectivity index (χ1v) is 8.74. The molecule has 3 amide bonds. The fourth-order valence-electron chi connectivity index (χ4n) is 3.89. The van der Waals surface area contributed by atoms with Gasteiger partial charge in [0.1, 0.15) is 12.1 Å². The number of carbonyl (C=O) groups is 2. The average molecular weight is 339 g/mol. The van der Waals surface area contributed by atoms with E-state index in [0.29, 0.717) is 18.1 Å². The van der Waals surface area contributed by atoms with Crippen LogP contribution in [-0.2, 0) is 11.3 Å². The Balaban J connectivity index is 1.54. The van der Waals surface area contributed by atoms with Gasteiger partial charge in [0.15, 0.2) is 5.76 Å². The standard InChI is InChI=1S/C19H21N3O3/c1-13-7-5-6-10-19(13)17(23)22(18(24)21-19)12-16-20-11-15(25-16)14-8-3-2-4-9-14/h2-4,8-9,11,13H,5-7,10,12H2,1H3,(H,21,24)/t13-,19+/m1/s1. The maximum absolute atomic E-state index is 13.0. The zero-order chi connectivity index (χ0) is 17.4. The first-order chi connectivity index (χ1) is 12.1. The molecule has 4 rings (SSSR count). The predicted octanol–water partition coefficient (Wildman–Crippen LogP) is 3.34. The molecule has 2 heterocycles. The largest absolute Gasteiger partial charge is 0.439 e. The van der Waals surface area contributed by atoms with Gasteiger partial charge in [0, 0.05) is 5.56 Å². The third-order valence-corrected chi connectivity index (χ3v) is 5.41. The van der Waals surface area contributed by atoms with E-state index in [9.17, 15) is 9.59 Å². The van der Waals surface area contributed by atoms with Crippen molar-refractivity contribution in [1.29, 1.82) is 0 Å². The SMILES string of the molecule is C[C@@H]1CCCC[C@]12NC(=O)N(Cc1ncc(-c3ccccc3)o1)C2=O. The first kappa shape index (κ1) is 15.9. The van der Waals surface area contributed by atoms with Gasteiger partial charge in [-0.3, -0.25) is 9.69 Å². The van der Waals surface area contributed by atoms with E-state index < -0.39 is 5.54 Å². The molecule has 1 saturated heterocycles. The molecule has 6 heteroatoms. The van der Waals surface area contributed by atoms with Crippen molar-refractivity contribution < 1.29 is 14.0 Å². The normalized spacial score (nSPS) is 26.3. The lowest BCUT2D eigenvalue weighted by atomic mass is 9.73. The second-order valence-electron chi connectivity index (χ2n) is 6.92. The number of nitrogens with one attached hydrogen (secondary N) is 1. The van der Waals surface area contributed by atoms with Crippen LogP contribution in [0, 0.1) is 5.92 Å². The highest BCUT2D eigenvalue weighted by atomic mass is 16.4. The van der Waals surface area contributed by atoms with Crippen molar-refractivity contribution in [3.05, 3.63) is 42.4 Å². The number of urea groups is 1. The number of imide groups is 1. The number of rotatable bonds is 3. The molecule has 2 fully saturated rings. The zero-order valence-electron chi connectivity index (χ0n) is 14.2. The van der Waals surface area contributed by atoms with E-state index in [1.165, 1.54) is 4.90 Å². The minimum atomic E-state index is -0.746. The summed E-state index contributed by atoms with van der Waals surface area (Å²) < 4.78 is 5.75. The van der Waals surface area contributed by atoms with Gasteiger partial charge in [-0.15, -0.1) is 0 Å². The Bertz CT molecular complexity index is 801. The van der Waals surface area contributed by atoms with Crippen LogP contribution < -0.4 is 5.32 Å². The fraction of sp³-hybridized carbons (Fsp3) is 0.421. The lowest BCUT2D eigenvalue weighted by Crippen LogP contribution is -2.53. The topological polar surface area (TPSA) is 75.4 Å². The van der Waals surface area contributed by atoms with Crippen LogP contribution in [0.2, 0.25) is 0 Å². The number of aromatic nitrogens is 1. The Kier molecular flexibility index (Phi) is 3.82. The molecule has 6 nitrogen and oxygen atoms in total. The van der Waals surface area contributed by atoms with Gasteiger partial charge in [-0.2, -0.15) is 0 Å². The summed E-state index contributed by atoms with van der Waals surface area (Å²) in [6.07, 6.45) is 5.35. The van der Waals surface area contributed by atoms with Crippen LogP contribution >= 0.6 is 0 Å². The molecule has 0 radical (unpaired) electrons. The summed E-state index contributed by atoms with van der Waals surface area (Å²) >= 11 is 0. The van der Waals surface area contributed by atoms with Crippen LogP contribution in [0.5, 0.6) is 0 Å². The molecule has 25 heavy (non-hydrogen) atoms. The predicted molar refractivity (Wildman–Crippen MR) is 91.4 cm³/mol. The second-order valence-corrected chi connectivity index (χ2v) is 6.92. The Morgan fingerprint density at radius 1 is 1.28 bits per heavy atom. The summed E-state index contributed by atoms with van der Waals surface area (Å²) in [6.45, 7) is 2.10. The maximum Gasteiger partial charge on any atom is 0.325 e. The molecular weight excluding hydrogens is 318 g/mol. The van der Waals surface area contributed by atoms with Crippen LogP contribution in [0.4, 0.5) is 4.79 Å². The van der Waals surface area contributed by atoms with Gasteiger partial charge in [0.25, 0.3) is 5.91 Å². The summed E-state index contributed by atoms with van der Waals surface area (Å²) in [7, 11) is 0. The highest BCUT2D eigenvalue weighted by molar-refractivity contribution is 6.07. The molecule has 2 atom stereocenters. The van der Waals surface area contributed by atoms with Crippen LogP contribution in [0.1, 0.15) is 38.5 Å². The highest BCUT2D eigenvalue weighted by Crippen LogP contribution is 2.38. The van der Waals surface area contributed by atoms with Gasteiger partial charge < -0.3 is 9.73 Å². The number of benzene rings is 1. The van der Waals surface area contributed by atoms with Crippen molar-refractivity contribution in [3.63, 3.8) is 0 Å². The molecule has 1 spiro atoms. The Hall–Kier alpha value is -2.63. The second kappa shape index (κ2) is 6.02. The average Bonchev–Trinajstić information content (AvgIpc) is 3.18. The zero-order valence-corrected chi connectivity index (χ0v) is 14.2. The van der Waals surface area contributed by atoms with E-state index in [1.54, 1.807) is 6.20 Å². The lowest BCUT2D eigenvalue weighted by Gasteiger charge is -2.36. The number of hydrogen-bond donors (Lipinski definition) is 1. The minimum Gasteiger partial charge on any atom is -0.439 e. The maximum atomic E-state index is 13.0. The van der Waals surface area contributed by atoms with Gasteiger partial charge >= 0.3 is 6.03 Å². The number of hydrogen-bond acceptors (Lipinski definition) is 4. The van der Waals surface area contributed by atoms with E-state index >= 15 is 0 Å². The van der Waals surface area contributed by atoms with Crippen molar-refractivity contribution in [2.24, 2.45) is 5.92 Å². The molecule has 130 valence electrons. The number of amides is 3. The molecular formula is C19H21N3O3. The number of oxazole rings is 1. The molecule has 1 aromatic carbocycles. The van der Waals surface area contributed by atoms with Gasteiger partial charge in [0.05, 0.1) is 6.20 Å². The highest BCUT2D eigenvalue weighted by Gasteiger charge is 2.55. The van der Waals surface area contributed by atoms with Gasteiger partial charge in [-0.05, 0) is 18.8 Å². The Morgan fingerprint density at radius 3 is 2.84 bits per heavy atom. The van der Waals surface area contributed by atoms with Crippen LogP contribution in [0.15, 0.2) is 40.9 Å². The summed E-state index contributed by atoms with van der Waals surface area (Å²) in [5.74, 6) is 0.988. The Labute approximate surface area is 146 Å². The molecule has 1 aromatic heterocycles. The number of nitrogens with zero attached hydrogens (tertiary/aromatic N) is 2. The fourth-order valence-corrected chi connectivity index (χ4v) is 3.89. The summed E-state index contributed by atoms with van der Waals surface area (Å²) in [5.41, 5.74) is 0.167. The van der Waals surface area contributed by atoms with E-state index in [1.807, 2.05) is 37.3 Å². The minimum absolute atomic E-state index is 0.0615. The van der Waals surface area contributed by atoms with Gasteiger partial charge in [0.2, 0.25) is 5.89 Å². The van der Waals surface area contributed by atoms with Gasteiger partial charge in [-0.25, -0.2) is 9.78 Å². The van der Waals surface area contributed by atoms with E-state index in [2.05, 4.69) is 10.3 Å². The van der Waals surface area contributed by atoms with Crippen LogP contribution in [0.3, 0.4) is 0 Å². The van der Waals surface area contributed by atoms with Crippen molar-refractivity contribution in [1.82, 2.24) is 15.2 Å². The monoisotopic (exact) mass is 339 g/mol. The van der Waals surface area contributed by atoms with Crippen LogP contribution in [0.25, 0.3) is 11.3 Å². The van der Waals surface area contributed by atoms with E-state index in [0.717, 1.165) is 24.8 Å². The molecule has 1 aliphatic heterocycles. The third-order valence-electron chi connectivity index (χ3n) is 5.41. The molecule has 2 aliphatic rings. The summed E-state index contributed by atoms with van der Waals surface area (Å²) in [6, 6.07) is 9.27. The smallest absolute Gasteiger partial charge is 0.325 e. The van der Waals surface area contributed by atoms with Crippen molar-refractivity contribution in [3.8, 4) is 11.3 Å². The van der Waals surface area contributed by atoms with Crippen molar-refractivity contribution >= 4 is 11.9 Å². The molecule has 0 unspecified atom stereocenters. The van der Waals surface area contributed by atoms with Crippen molar-refractivity contribution in [2.45, 2.75) is 44.7 Å². The third kappa shape index (κ3) is 2.62. The Morgan fingerprint density at radius 2 is 2.08 bits per heavy atom. The van der Waals surface area contributed by atoms with E-state index in [-0.39, 0.29) is 24.4 Å². The molecule has 2 aromatic rings. The summed E-state index contributed by atoms with van der Waals surface area (Å²) in [5, 5.41) is 2.95. The van der Waals surface area contributed by atoms with Gasteiger partial charge in [-0.1, -0.05) is 50.1 Å². The molecule has 1 aliphatic carbocycles. The van der Waals surface area contributed by atoms with Crippen LogP contribution in [-0.4, -0.2) is 27.4 Å². The lowest BCUT2D eigenvalue weighted by molar-refractivity contribution is -0.134. The number of carbonyl (C=O) groups excluding carboxylic acids is 2. The quantitative estimate of drug-likeness (QED) is 0.870. The summed E-state index contributed by atoms with van der Waals surface area (Å²) in [4.78, 5) is 30.8. The molecule has 1 N–H and O–H groups in total. The molecule has 1 saturated carbocycles.